The number of hydrogen-bond donors (Lipinski definition) is 1. The third-order valence-electron chi connectivity index (χ3n) is 11.6. The van der Waals surface area contributed by atoms with Gasteiger partial charge in [-0.2, -0.15) is 0 Å². The van der Waals surface area contributed by atoms with Crippen molar-refractivity contribution >= 4 is 29.4 Å². The number of cyclic esters (lactones) is 1. The minimum Gasteiger partial charge on any atom is -0.493 e. The number of carbonyl (C=O) groups excluding carboxylic acids is 4. The maximum absolute atomic E-state index is 14.7. The monoisotopic (exact) mass is 871 g/mol. The van der Waals surface area contributed by atoms with E-state index in [4.69, 9.17) is 47.4 Å². The van der Waals surface area contributed by atoms with Gasteiger partial charge in [-0.15, -0.1) is 0 Å². The molecule has 0 radical (unpaired) electrons. The number of nitrogens with one attached hydrogen (secondary N) is 1. The van der Waals surface area contributed by atoms with Gasteiger partial charge in [-0.3, -0.25) is 19.2 Å². The molecular formula is C48H57NO14. The Morgan fingerprint density at radius 3 is 2.17 bits per heavy atom. The molecule has 1 unspecified atom stereocenters. The Labute approximate surface area is 367 Å². The van der Waals surface area contributed by atoms with Crippen molar-refractivity contribution in [3.05, 3.63) is 82.9 Å². The Hall–Kier alpha value is -5.80. The molecule has 1 aliphatic carbocycles. The first-order valence-corrected chi connectivity index (χ1v) is 21.2. The Morgan fingerprint density at radius 1 is 0.889 bits per heavy atom. The molecule has 7 rings (SSSR count). The van der Waals surface area contributed by atoms with Crippen LogP contribution >= 0.6 is 0 Å². The standard InChI is InChI=1S/C48H57NO14/c1-26(27-13-11-10-12-14-27)17-33(44(51)49-16-15-29-20-30(62-48(5,6)61-29)21-39(50)63-47(2,3)4)45(52)60-42-32-23-36-35(58-25-59-36)22-31(32)40(41-34(42)24-57-46(41)53)28-18-37(54-7)43(56-9)38(19-28)55-8/h10-14,17-19,22-23,29-30,33-34,40-42H,15-16,20-21,24-25H2,1-9H3,(H,49,51)/b26-17+/t29-,30-,33?,34+,40-,41+,42+/m1/s1. The summed E-state index contributed by atoms with van der Waals surface area (Å²) in [4.78, 5) is 55.4. The molecule has 0 spiro atoms. The fraction of sp³-hybridized carbons (Fsp3) is 0.500. The third-order valence-corrected chi connectivity index (χ3v) is 11.6. The van der Waals surface area contributed by atoms with Crippen LogP contribution in [0.1, 0.15) is 95.1 Å². The van der Waals surface area contributed by atoms with Crippen molar-refractivity contribution in [1.82, 2.24) is 5.32 Å². The molecule has 338 valence electrons. The van der Waals surface area contributed by atoms with Gasteiger partial charge >= 0.3 is 17.9 Å². The van der Waals surface area contributed by atoms with Gasteiger partial charge in [0.15, 0.2) is 34.7 Å². The van der Waals surface area contributed by atoms with E-state index in [1.807, 2.05) is 58.0 Å². The van der Waals surface area contributed by atoms with Crippen LogP contribution in [-0.4, -0.2) is 88.7 Å². The van der Waals surface area contributed by atoms with E-state index in [1.165, 1.54) is 21.3 Å². The molecule has 63 heavy (non-hydrogen) atoms. The van der Waals surface area contributed by atoms with Crippen molar-refractivity contribution in [3.63, 3.8) is 0 Å². The molecule has 2 saturated heterocycles. The Morgan fingerprint density at radius 2 is 1.54 bits per heavy atom. The lowest BCUT2D eigenvalue weighted by molar-refractivity contribution is -0.300. The summed E-state index contributed by atoms with van der Waals surface area (Å²) in [5, 5.41) is 2.94. The largest absolute Gasteiger partial charge is 0.493 e. The minimum atomic E-state index is -1.39. The molecule has 0 bridgehead atoms. The van der Waals surface area contributed by atoms with Crippen molar-refractivity contribution in [3.8, 4) is 28.7 Å². The van der Waals surface area contributed by atoms with E-state index in [0.717, 1.165) is 5.56 Å². The zero-order valence-corrected chi connectivity index (χ0v) is 37.3. The number of esters is 3. The van der Waals surface area contributed by atoms with Crippen molar-refractivity contribution in [1.29, 1.82) is 0 Å². The lowest BCUT2D eigenvalue weighted by atomic mass is 9.66. The second-order valence-corrected chi connectivity index (χ2v) is 17.6. The van der Waals surface area contributed by atoms with E-state index >= 15 is 0 Å². The Balaban J connectivity index is 1.17. The third kappa shape index (κ3) is 10.0. The summed E-state index contributed by atoms with van der Waals surface area (Å²) in [5.41, 5.74) is 2.76. The van der Waals surface area contributed by atoms with Gasteiger partial charge in [0.05, 0.1) is 52.5 Å². The minimum absolute atomic E-state index is 0.0148. The van der Waals surface area contributed by atoms with Gasteiger partial charge < -0.3 is 52.7 Å². The summed E-state index contributed by atoms with van der Waals surface area (Å²) in [6, 6.07) is 16.6. The van der Waals surface area contributed by atoms with Gasteiger partial charge in [0.2, 0.25) is 18.4 Å². The second-order valence-electron chi connectivity index (χ2n) is 17.6. The van der Waals surface area contributed by atoms with Crippen LogP contribution in [0.15, 0.2) is 60.7 Å². The molecule has 4 aliphatic rings. The van der Waals surface area contributed by atoms with Gasteiger partial charge in [-0.05, 0) is 94.5 Å². The zero-order chi connectivity index (χ0) is 45.2. The predicted molar refractivity (Wildman–Crippen MR) is 227 cm³/mol. The first-order valence-electron chi connectivity index (χ1n) is 21.2. The van der Waals surface area contributed by atoms with Gasteiger partial charge in [0.25, 0.3) is 0 Å². The fourth-order valence-corrected chi connectivity index (χ4v) is 9.00. The Bertz CT molecular complexity index is 2200. The summed E-state index contributed by atoms with van der Waals surface area (Å²) < 4.78 is 58.5. The molecule has 15 heteroatoms. The fourth-order valence-electron chi connectivity index (χ4n) is 9.00. The van der Waals surface area contributed by atoms with Gasteiger partial charge in [0, 0.05) is 30.4 Å². The maximum Gasteiger partial charge on any atom is 0.323 e. The van der Waals surface area contributed by atoms with E-state index < -0.39 is 65.1 Å². The highest BCUT2D eigenvalue weighted by molar-refractivity contribution is 6.01. The van der Waals surface area contributed by atoms with Gasteiger partial charge in [-0.25, -0.2) is 0 Å². The number of rotatable bonds is 14. The topological polar surface area (TPSA) is 173 Å². The number of ether oxygens (including phenoxy) is 10. The molecule has 3 aromatic rings. The van der Waals surface area contributed by atoms with E-state index in [-0.39, 0.29) is 38.4 Å². The summed E-state index contributed by atoms with van der Waals surface area (Å²) in [7, 11) is 4.54. The van der Waals surface area contributed by atoms with Crippen LogP contribution in [0.2, 0.25) is 0 Å². The zero-order valence-electron chi connectivity index (χ0n) is 37.3. The number of allylic oxidation sites excluding steroid dienone is 1. The first-order chi connectivity index (χ1) is 30.0. The van der Waals surface area contributed by atoms with E-state index in [2.05, 4.69) is 5.32 Å². The maximum atomic E-state index is 14.7. The SMILES string of the molecule is COc1cc([C@@H]2c3cc4c(cc3[C@H](OC(=O)C(/C=C(\C)c3ccccc3)C(=O)NCC[C@@H]3C[C@H](CC(=O)OC(C)(C)C)OC(C)(C)O3)[C@H]3COC(=O)[C@H]23)OCO4)cc(OC)c1OC. The highest BCUT2D eigenvalue weighted by atomic mass is 16.7. The predicted octanol–water partition coefficient (Wildman–Crippen LogP) is 6.83. The van der Waals surface area contributed by atoms with Crippen LogP contribution in [0.5, 0.6) is 28.7 Å². The average molecular weight is 872 g/mol. The summed E-state index contributed by atoms with van der Waals surface area (Å²) >= 11 is 0. The molecule has 1 N–H and O–H groups in total. The smallest absolute Gasteiger partial charge is 0.323 e. The van der Waals surface area contributed by atoms with Crippen LogP contribution in [0.4, 0.5) is 0 Å². The molecular weight excluding hydrogens is 815 g/mol. The highest BCUT2D eigenvalue weighted by Crippen LogP contribution is 2.56. The van der Waals surface area contributed by atoms with Crippen molar-refractivity contribution in [2.45, 2.75) is 96.4 Å². The highest BCUT2D eigenvalue weighted by Gasteiger charge is 2.54. The summed E-state index contributed by atoms with van der Waals surface area (Å²) in [6.07, 6.45) is 0.584. The van der Waals surface area contributed by atoms with Crippen LogP contribution in [-0.2, 0) is 42.9 Å². The van der Waals surface area contributed by atoms with E-state index in [0.29, 0.717) is 63.9 Å². The quantitative estimate of drug-likeness (QED) is 0.102. The summed E-state index contributed by atoms with van der Waals surface area (Å²) in [5.74, 6) is -4.60. The van der Waals surface area contributed by atoms with Crippen molar-refractivity contribution < 1.29 is 66.5 Å². The molecule has 3 heterocycles. The summed E-state index contributed by atoms with van der Waals surface area (Å²) in [6.45, 7) is 10.9. The molecule has 2 fully saturated rings. The molecule has 0 saturated carbocycles. The van der Waals surface area contributed by atoms with Crippen molar-refractivity contribution in [2.75, 3.05) is 41.3 Å². The lowest BCUT2D eigenvalue weighted by Gasteiger charge is -2.41. The number of carbonyl (C=O) groups is 4. The number of hydrogen-bond acceptors (Lipinski definition) is 14. The van der Waals surface area contributed by atoms with Crippen LogP contribution < -0.4 is 29.0 Å². The van der Waals surface area contributed by atoms with Gasteiger partial charge in [-0.1, -0.05) is 36.4 Å². The van der Waals surface area contributed by atoms with Crippen LogP contribution in [0.25, 0.3) is 5.57 Å². The normalized spacial score (nSPS) is 24.0. The average Bonchev–Trinajstić information content (AvgIpc) is 3.86. The molecule has 3 aliphatic heterocycles. The van der Waals surface area contributed by atoms with E-state index in [1.54, 1.807) is 44.2 Å². The Kier molecular flexibility index (Phi) is 13.3. The van der Waals surface area contributed by atoms with Crippen LogP contribution in [0, 0.1) is 17.8 Å². The first kappa shape index (κ1) is 45.2. The lowest BCUT2D eigenvalue weighted by Crippen LogP contribution is -2.47. The molecule has 0 aromatic heterocycles. The molecule has 3 aromatic carbocycles. The molecule has 15 nitrogen and oxygen atoms in total. The van der Waals surface area contributed by atoms with Gasteiger partial charge in [0.1, 0.15) is 11.7 Å². The van der Waals surface area contributed by atoms with E-state index in [9.17, 15) is 19.2 Å². The number of amides is 1. The second kappa shape index (κ2) is 18.5. The number of benzene rings is 3. The molecule has 1 amide bonds. The number of methoxy groups -OCH3 is 3. The van der Waals surface area contributed by atoms with Crippen LogP contribution in [0.3, 0.4) is 0 Å². The van der Waals surface area contributed by atoms with Crippen molar-refractivity contribution in [2.24, 2.45) is 17.8 Å². The molecule has 7 atom stereocenters. The number of fused-ring (bicyclic) bond motifs is 3.